The summed E-state index contributed by atoms with van der Waals surface area (Å²) in [6, 6.07) is 5.48. The number of nitrogens with zero attached hydrogens (tertiary/aromatic N) is 1. The van der Waals surface area contributed by atoms with Gasteiger partial charge in [0.05, 0.1) is 9.40 Å². The van der Waals surface area contributed by atoms with Gasteiger partial charge in [-0.2, -0.15) is 0 Å². The Labute approximate surface area is 126 Å². The third-order valence-electron chi connectivity index (χ3n) is 3.92. The van der Waals surface area contributed by atoms with Crippen LogP contribution in [0.4, 0.5) is 5.69 Å². The van der Waals surface area contributed by atoms with Gasteiger partial charge in [-0.1, -0.05) is 18.9 Å². The molecule has 6 heteroatoms. The number of benzene rings is 1. The molecule has 1 saturated carbocycles. The number of hydrogen-bond acceptors (Lipinski definition) is 4. The topological polar surface area (TPSA) is 75.4 Å². The molecule has 0 saturated heterocycles. The first-order chi connectivity index (χ1) is 9.61. The van der Waals surface area contributed by atoms with E-state index in [2.05, 4.69) is 21.2 Å². The second kappa shape index (κ2) is 7.15. The Hall–Kier alpha value is -0.980. The van der Waals surface area contributed by atoms with Crippen LogP contribution in [0.1, 0.15) is 31.2 Å². The van der Waals surface area contributed by atoms with Crippen LogP contribution in [0.2, 0.25) is 0 Å². The lowest BCUT2D eigenvalue weighted by Crippen LogP contribution is -2.39. The van der Waals surface area contributed by atoms with E-state index in [1.165, 1.54) is 12.8 Å². The lowest BCUT2D eigenvalue weighted by molar-refractivity contribution is -0.385. The summed E-state index contributed by atoms with van der Waals surface area (Å²) in [5.74, 6) is 0.300. The van der Waals surface area contributed by atoms with Crippen molar-refractivity contribution in [2.24, 2.45) is 5.92 Å². The molecule has 0 bridgehead atoms. The van der Waals surface area contributed by atoms with Crippen LogP contribution in [0.3, 0.4) is 0 Å². The summed E-state index contributed by atoms with van der Waals surface area (Å²) in [4.78, 5) is 10.5. The lowest BCUT2D eigenvalue weighted by Gasteiger charge is -2.31. The van der Waals surface area contributed by atoms with E-state index in [-0.39, 0.29) is 17.2 Å². The number of hydrogen-bond donors (Lipinski definition) is 2. The first-order valence-electron chi connectivity index (χ1n) is 6.89. The third kappa shape index (κ3) is 3.77. The molecular formula is C14H19BrN2O3. The van der Waals surface area contributed by atoms with E-state index in [4.69, 9.17) is 0 Å². The summed E-state index contributed by atoms with van der Waals surface area (Å²) in [7, 11) is 0. The Morgan fingerprint density at radius 3 is 2.85 bits per heavy atom. The van der Waals surface area contributed by atoms with Crippen LogP contribution in [0.25, 0.3) is 0 Å². The van der Waals surface area contributed by atoms with E-state index in [9.17, 15) is 15.2 Å². The minimum atomic E-state index is -0.384. The van der Waals surface area contributed by atoms with Crippen LogP contribution >= 0.6 is 15.9 Å². The highest BCUT2D eigenvalue weighted by Crippen LogP contribution is 2.27. The van der Waals surface area contributed by atoms with Crippen molar-refractivity contribution in [3.8, 4) is 0 Å². The monoisotopic (exact) mass is 342 g/mol. The van der Waals surface area contributed by atoms with Gasteiger partial charge in [-0.25, -0.2) is 0 Å². The molecule has 0 radical (unpaired) electrons. The highest BCUT2D eigenvalue weighted by atomic mass is 79.9. The molecule has 0 spiro atoms. The molecule has 110 valence electrons. The molecule has 2 N–H and O–H groups in total. The zero-order valence-corrected chi connectivity index (χ0v) is 12.8. The van der Waals surface area contributed by atoms with Crippen LogP contribution in [0.15, 0.2) is 22.7 Å². The van der Waals surface area contributed by atoms with Gasteiger partial charge in [0.2, 0.25) is 0 Å². The van der Waals surface area contributed by atoms with Crippen LogP contribution < -0.4 is 5.32 Å². The van der Waals surface area contributed by atoms with E-state index in [1.54, 1.807) is 12.1 Å². The van der Waals surface area contributed by atoms with E-state index in [1.807, 2.05) is 6.07 Å². The molecule has 0 aromatic heterocycles. The highest BCUT2D eigenvalue weighted by molar-refractivity contribution is 9.10. The highest BCUT2D eigenvalue weighted by Gasteiger charge is 2.24. The number of nitrogens with one attached hydrogen (secondary N) is 1. The third-order valence-corrected chi connectivity index (χ3v) is 4.59. The summed E-state index contributed by atoms with van der Waals surface area (Å²) in [5, 5.41) is 23.7. The molecule has 1 fully saturated rings. The molecule has 0 amide bonds. The summed E-state index contributed by atoms with van der Waals surface area (Å²) in [6.07, 6.45) is 4.46. The van der Waals surface area contributed by atoms with Gasteiger partial charge in [-0.3, -0.25) is 10.1 Å². The van der Waals surface area contributed by atoms with Crippen LogP contribution in [0.5, 0.6) is 0 Å². The summed E-state index contributed by atoms with van der Waals surface area (Å²) >= 11 is 3.18. The van der Waals surface area contributed by atoms with E-state index < -0.39 is 0 Å². The SMILES string of the molecule is O=[N+]([O-])c1cc(CNC2CCCCC2CO)ccc1Br. The standard InChI is InChI=1S/C14H19BrN2O3/c15-12-6-5-10(7-14(12)17(19)20)8-16-13-4-2-1-3-11(13)9-18/h5-7,11,13,16,18H,1-4,8-9H2. The Morgan fingerprint density at radius 2 is 2.15 bits per heavy atom. The van der Waals surface area contributed by atoms with Gasteiger partial charge < -0.3 is 10.4 Å². The fourth-order valence-electron chi connectivity index (χ4n) is 2.75. The average Bonchev–Trinajstić information content (AvgIpc) is 2.46. The Bertz CT molecular complexity index is 481. The predicted octanol–water partition coefficient (Wildman–Crippen LogP) is 3.00. The van der Waals surface area contributed by atoms with Crippen molar-refractivity contribution >= 4 is 21.6 Å². The molecule has 2 atom stereocenters. The second-order valence-corrected chi connectivity index (χ2v) is 6.11. The maximum atomic E-state index is 10.9. The van der Waals surface area contributed by atoms with Crippen LogP contribution in [-0.2, 0) is 6.54 Å². The molecule has 1 aliphatic rings. The first kappa shape index (κ1) is 15.4. The lowest BCUT2D eigenvalue weighted by atomic mass is 9.85. The fourth-order valence-corrected chi connectivity index (χ4v) is 3.14. The van der Waals surface area contributed by atoms with Gasteiger partial charge in [0, 0.05) is 25.3 Å². The van der Waals surface area contributed by atoms with Gasteiger partial charge >= 0.3 is 0 Å². The fraction of sp³-hybridized carbons (Fsp3) is 0.571. The largest absolute Gasteiger partial charge is 0.396 e. The van der Waals surface area contributed by atoms with Crippen molar-refractivity contribution < 1.29 is 10.0 Å². The molecule has 2 rings (SSSR count). The van der Waals surface area contributed by atoms with E-state index in [0.29, 0.717) is 23.0 Å². The molecule has 0 aliphatic heterocycles. The zero-order chi connectivity index (χ0) is 14.5. The molecule has 1 aromatic rings. The maximum Gasteiger partial charge on any atom is 0.283 e. The molecule has 5 nitrogen and oxygen atoms in total. The number of aliphatic hydroxyl groups excluding tert-OH is 1. The minimum absolute atomic E-state index is 0.0895. The van der Waals surface area contributed by atoms with Crippen molar-refractivity contribution in [3.05, 3.63) is 38.3 Å². The van der Waals surface area contributed by atoms with Gasteiger partial charge in [0.15, 0.2) is 0 Å². The van der Waals surface area contributed by atoms with Crippen molar-refractivity contribution in [1.82, 2.24) is 5.32 Å². The van der Waals surface area contributed by atoms with Gasteiger partial charge in [0.1, 0.15) is 0 Å². The number of rotatable bonds is 5. The molecule has 1 aliphatic carbocycles. The van der Waals surface area contributed by atoms with Crippen molar-refractivity contribution in [3.63, 3.8) is 0 Å². The van der Waals surface area contributed by atoms with Crippen molar-refractivity contribution in [2.45, 2.75) is 38.3 Å². The van der Waals surface area contributed by atoms with Crippen molar-refractivity contribution in [2.75, 3.05) is 6.61 Å². The van der Waals surface area contributed by atoms with Gasteiger partial charge in [-0.05, 0) is 46.3 Å². The summed E-state index contributed by atoms with van der Waals surface area (Å²) < 4.78 is 0.497. The number of halogens is 1. The summed E-state index contributed by atoms with van der Waals surface area (Å²) in [6.45, 7) is 0.799. The Balaban J connectivity index is 1.99. The summed E-state index contributed by atoms with van der Waals surface area (Å²) in [5.41, 5.74) is 0.980. The normalized spacial score (nSPS) is 22.7. The predicted molar refractivity (Wildman–Crippen MR) is 80.5 cm³/mol. The molecular weight excluding hydrogens is 324 g/mol. The molecule has 1 aromatic carbocycles. The van der Waals surface area contributed by atoms with Crippen LogP contribution in [-0.4, -0.2) is 22.7 Å². The van der Waals surface area contributed by atoms with Crippen molar-refractivity contribution in [1.29, 1.82) is 0 Å². The molecule has 20 heavy (non-hydrogen) atoms. The number of nitro groups is 1. The van der Waals surface area contributed by atoms with Gasteiger partial charge in [0.25, 0.3) is 5.69 Å². The molecule has 2 unspecified atom stereocenters. The Morgan fingerprint density at radius 1 is 1.40 bits per heavy atom. The first-order valence-corrected chi connectivity index (χ1v) is 7.68. The number of nitro benzene ring substituents is 1. The van der Waals surface area contributed by atoms with E-state index >= 15 is 0 Å². The smallest absolute Gasteiger partial charge is 0.283 e. The maximum absolute atomic E-state index is 10.9. The Kier molecular flexibility index (Phi) is 5.51. The average molecular weight is 343 g/mol. The van der Waals surface area contributed by atoms with Gasteiger partial charge in [-0.15, -0.1) is 0 Å². The second-order valence-electron chi connectivity index (χ2n) is 5.26. The molecule has 0 heterocycles. The van der Waals surface area contributed by atoms with E-state index in [0.717, 1.165) is 18.4 Å². The van der Waals surface area contributed by atoms with Crippen LogP contribution in [0, 0.1) is 16.0 Å². The number of aliphatic hydroxyl groups is 1. The minimum Gasteiger partial charge on any atom is -0.396 e. The zero-order valence-electron chi connectivity index (χ0n) is 11.2. The quantitative estimate of drug-likeness (QED) is 0.637.